The maximum absolute atomic E-state index is 10.1. The Balaban J connectivity index is 1.68. The maximum Gasteiger partial charge on any atom is 0.227 e. The largest absolute Gasteiger partial charge is 0.506 e. The lowest BCUT2D eigenvalue weighted by atomic mass is 10.1. The molecule has 0 spiro atoms. The Morgan fingerprint density at radius 3 is 2.73 bits per heavy atom. The van der Waals surface area contributed by atoms with Crippen molar-refractivity contribution in [2.45, 2.75) is 6.92 Å². The fourth-order valence-electron chi connectivity index (χ4n) is 2.62. The normalized spacial score (nSPS) is 11.5. The van der Waals surface area contributed by atoms with Gasteiger partial charge in [-0.2, -0.15) is 0 Å². The molecule has 4 aromatic rings. The van der Waals surface area contributed by atoms with E-state index in [0.29, 0.717) is 21.5 Å². The number of phenolic OH excluding ortho intramolecular Hbond substituents is 1. The van der Waals surface area contributed by atoms with Crippen LogP contribution in [0.3, 0.4) is 0 Å². The van der Waals surface area contributed by atoms with Gasteiger partial charge in [-0.05, 0) is 70.9 Å². The number of halogens is 1. The predicted molar refractivity (Wildman–Crippen MR) is 105 cm³/mol. The van der Waals surface area contributed by atoms with E-state index in [-0.39, 0.29) is 5.75 Å². The molecule has 26 heavy (non-hydrogen) atoms. The van der Waals surface area contributed by atoms with E-state index in [1.54, 1.807) is 18.6 Å². The lowest BCUT2D eigenvalue weighted by Crippen LogP contribution is -1.86. The van der Waals surface area contributed by atoms with Gasteiger partial charge < -0.3 is 9.52 Å². The first kappa shape index (κ1) is 16.5. The number of rotatable bonds is 3. The highest BCUT2D eigenvalue weighted by Gasteiger charge is 2.09. The molecule has 2 aromatic heterocycles. The molecule has 5 nitrogen and oxygen atoms in total. The molecule has 128 valence electrons. The van der Waals surface area contributed by atoms with Gasteiger partial charge in [0.2, 0.25) is 5.89 Å². The minimum atomic E-state index is 0.168. The van der Waals surface area contributed by atoms with Crippen molar-refractivity contribution in [3.63, 3.8) is 0 Å². The van der Waals surface area contributed by atoms with Crippen molar-refractivity contribution < 1.29 is 9.52 Å². The summed E-state index contributed by atoms with van der Waals surface area (Å²) in [6, 6.07) is 13.0. The molecular weight excluding hydrogens is 394 g/mol. The van der Waals surface area contributed by atoms with Crippen LogP contribution in [0.5, 0.6) is 5.75 Å². The van der Waals surface area contributed by atoms with Crippen LogP contribution in [0.4, 0.5) is 5.69 Å². The molecule has 0 fully saturated rings. The third kappa shape index (κ3) is 3.23. The number of aromatic hydroxyl groups is 1. The van der Waals surface area contributed by atoms with Gasteiger partial charge in [0.1, 0.15) is 11.3 Å². The topological polar surface area (TPSA) is 71.5 Å². The molecule has 0 amide bonds. The average Bonchev–Trinajstić information content (AvgIpc) is 3.07. The maximum atomic E-state index is 10.1. The highest BCUT2D eigenvalue weighted by Crippen LogP contribution is 2.30. The number of phenols is 1. The van der Waals surface area contributed by atoms with Crippen molar-refractivity contribution in [2.75, 3.05) is 0 Å². The fourth-order valence-corrected chi connectivity index (χ4v) is 3.21. The summed E-state index contributed by atoms with van der Waals surface area (Å²) in [5.41, 5.74) is 4.69. The Labute approximate surface area is 158 Å². The number of aliphatic imine (C=N–C) groups is 1. The van der Waals surface area contributed by atoms with Crippen LogP contribution < -0.4 is 0 Å². The molecule has 0 atom stereocenters. The summed E-state index contributed by atoms with van der Waals surface area (Å²) in [6.07, 6.45) is 5.04. The zero-order valence-electron chi connectivity index (χ0n) is 13.8. The highest BCUT2D eigenvalue weighted by molar-refractivity contribution is 9.10. The molecule has 1 N–H and O–H groups in total. The predicted octanol–water partition coefficient (Wildman–Crippen LogP) is 5.42. The van der Waals surface area contributed by atoms with Crippen molar-refractivity contribution in [1.29, 1.82) is 0 Å². The van der Waals surface area contributed by atoms with Crippen molar-refractivity contribution >= 4 is 38.9 Å². The third-order valence-corrected chi connectivity index (χ3v) is 4.49. The van der Waals surface area contributed by atoms with Crippen LogP contribution in [0, 0.1) is 6.92 Å². The minimum absolute atomic E-state index is 0.168. The number of benzene rings is 2. The SMILES string of the molecule is Cc1cc(Br)c(O)c(C=Nc2ccc3oc(-c4ccncc4)nc3c2)c1. The van der Waals surface area contributed by atoms with Crippen LogP contribution >= 0.6 is 15.9 Å². The quantitative estimate of drug-likeness (QED) is 0.460. The van der Waals surface area contributed by atoms with Gasteiger partial charge in [0, 0.05) is 29.7 Å². The van der Waals surface area contributed by atoms with Gasteiger partial charge in [-0.1, -0.05) is 0 Å². The van der Waals surface area contributed by atoms with E-state index >= 15 is 0 Å². The van der Waals surface area contributed by atoms with Gasteiger partial charge in [0.05, 0.1) is 10.2 Å². The van der Waals surface area contributed by atoms with Gasteiger partial charge in [0.25, 0.3) is 0 Å². The van der Waals surface area contributed by atoms with Crippen LogP contribution in [-0.2, 0) is 0 Å². The van der Waals surface area contributed by atoms with Gasteiger partial charge in [-0.3, -0.25) is 9.98 Å². The van der Waals surface area contributed by atoms with Crippen LogP contribution in [0.15, 0.2) is 68.7 Å². The first-order valence-corrected chi connectivity index (χ1v) is 8.73. The van der Waals surface area contributed by atoms with E-state index in [1.807, 2.05) is 49.4 Å². The average molecular weight is 408 g/mol. The molecule has 6 heteroatoms. The van der Waals surface area contributed by atoms with Crippen LogP contribution in [-0.4, -0.2) is 21.3 Å². The number of pyridine rings is 1. The molecule has 0 bridgehead atoms. The molecule has 0 saturated heterocycles. The van der Waals surface area contributed by atoms with Gasteiger partial charge >= 0.3 is 0 Å². The molecular formula is C20H14BrN3O2. The van der Waals surface area contributed by atoms with E-state index in [1.165, 1.54) is 0 Å². The van der Waals surface area contributed by atoms with E-state index in [4.69, 9.17) is 4.42 Å². The van der Waals surface area contributed by atoms with Gasteiger partial charge in [-0.25, -0.2) is 4.98 Å². The summed E-state index contributed by atoms with van der Waals surface area (Å²) in [5.74, 6) is 0.714. The summed E-state index contributed by atoms with van der Waals surface area (Å²) in [5, 5.41) is 10.1. The monoisotopic (exact) mass is 407 g/mol. The first-order chi connectivity index (χ1) is 12.6. The van der Waals surface area contributed by atoms with Gasteiger partial charge in [-0.15, -0.1) is 0 Å². The zero-order valence-corrected chi connectivity index (χ0v) is 15.4. The van der Waals surface area contributed by atoms with Crippen LogP contribution in [0.1, 0.15) is 11.1 Å². The molecule has 0 unspecified atom stereocenters. The van der Waals surface area contributed by atoms with Crippen LogP contribution in [0.25, 0.3) is 22.6 Å². The van der Waals surface area contributed by atoms with Crippen molar-refractivity contribution in [3.05, 3.63) is 70.5 Å². The molecule has 2 heterocycles. The molecule has 0 aliphatic rings. The fraction of sp³-hybridized carbons (Fsp3) is 0.0500. The van der Waals surface area contributed by atoms with E-state index in [2.05, 4.69) is 30.9 Å². The first-order valence-electron chi connectivity index (χ1n) is 7.94. The van der Waals surface area contributed by atoms with Gasteiger partial charge in [0.15, 0.2) is 5.58 Å². The Bertz CT molecular complexity index is 1120. The van der Waals surface area contributed by atoms with Crippen molar-refractivity contribution in [3.8, 4) is 17.2 Å². The lowest BCUT2D eigenvalue weighted by Gasteiger charge is -2.03. The van der Waals surface area contributed by atoms with Crippen molar-refractivity contribution in [1.82, 2.24) is 9.97 Å². The third-order valence-electron chi connectivity index (χ3n) is 3.89. The number of oxazole rings is 1. The molecule has 0 aliphatic heterocycles. The summed E-state index contributed by atoms with van der Waals surface area (Å²) in [6.45, 7) is 1.96. The summed E-state index contributed by atoms with van der Waals surface area (Å²) >= 11 is 3.34. The van der Waals surface area contributed by atoms with E-state index in [0.717, 1.165) is 22.3 Å². The second-order valence-corrected chi connectivity index (χ2v) is 6.70. The number of aryl methyl sites for hydroxylation is 1. The Kier molecular flexibility index (Phi) is 4.26. The minimum Gasteiger partial charge on any atom is -0.506 e. The standard InChI is InChI=1S/C20H14BrN3O2/c1-12-8-14(19(25)16(21)9-12)11-23-15-2-3-18-17(10-15)24-20(26-18)13-4-6-22-7-5-13/h2-11,25H,1H3. The lowest BCUT2D eigenvalue weighted by molar-refractivity contribution is 0.471. The number of aromatic nitrogens is 2. The van der Waals surface area contributed by atoms with E-state index < -0.39 is 0 Å². The number of hydrogen-bond acceptors (Lipinski definition) is 5. The number of nitrogens with zero attached hydrogens (tertiary/aromatic N) is 3. The van der Waals surface area contributed by atoms with E-state index in [9.17, 15) is 5.11 Å². The van der Waals surface area contributed by atoms with Crippen LogP contribution in [0.2, 0.25) is 0 Å². The smallest absolute Gasteiger partial charge is 0.227 e. The molecule has 0 aliphatic carbocycles. The summed E-state index contributed by atoms with van der Waals surface area (Å²) in [4.78, 5) is 13.0. The molecule has 4 rings (SSSR count). The Morgan fingerprint density at radius 1 is 1.12 bits per heavy atom. The summed E-state index contributed by atoms with van der Waals surface area (Å²) < 4.78 is 6.43. The summed E-state index contributed by atoms with van der Waals surface area (Å²) in [7, 11) is 0. The number of hydrogen-bond donors (Lipinski definition) is 1. The Morgan fingerprint density at radius 2 is 1.92 bits per heavy atom. The molecule has 2 aromatic carbocycles. The molecule has 0 saturated carbocycles. The zero-order chi connectivity index (χ0) is 18.1. The second kappa shape index (κ2) is 6.72. The molecule has 0 radical (unpaired) electrons. The highest BCUT2D eigenvalue weighted by atomic mass is 79.9. The Hall–Kier alpha value is -2.99. The second-order valence-electron chi connectivity index (χ2n) is 5.85. The van der Waals surface area contributed by atoms with Crippen molar-refractivity contribution in [2.24, 2.45) is 4.99 Å². The number of fused-ring (bicyclic) bond motifs is 1.